The molecule has 0 saturated carbocycles. The number of halogens is 2. The van der Waals surface area contributed by atoms with Gasteiger partial charge in [-0.15, -0.1) is 11.6 Å². The summed E-state index contributed by atoms with van der Waals surface area (Å²) in [5, 5.41) is 0.0604. The largest absolute Gasteiger partial charge is 0.490 e. The lowest BCUT2D eigenvalue weighted by molar-refractivity contribution is 0.194. The van der Waals surface area contributed by atoms with Gasteiger partial charge in [-0.1, -0.05) is 24.3 Å². The van der Waals surface area contributed by atoms with Crippen LogP contribution in [0, 0.1) is 11.7 Å². The second kappa shape index (κ2) is 5.03. The Morgan fingerprint density at radius 2 is 1.95 bits per heavy atom. The SMILES string of the molecule is Fc1ccc2c(c1)CC(CC1Cc3ccccc3C1Cl)O2. The molecule has 1 aliphatic carbocycles. The van der Waals surface area contributed by atoms with Gasteiger partial charge in [0.25, 0.3) is 0 Å². The van der Waals surface area contributed by atoms with Crippen LogP contribution in [0.4, 0.5) is 4.39 Å². The van der Waals surface area contributed by atoms with Crippen LogP contribution in [0.15, 0.2) is 42.5 Å². The molecule has 3 atom stereocenters. The average Bonchev–Trinajstić information content (AvgIpc) is 3.01. The van der Waals surface area contributed by atoms with E-state index in [0.717, 1.165) is 30.6 Å². The fraction of sp³-hybridized carbons (Fsp3) is 0.333. The van der Waals surface area contributed by atoms with Crippen molar-refractivity contribution >= 4 is 11.6 Å². The Labute approximate surface area is 128 Å². The molecule has 0 saturated heterocycles. The molecule has 2 aromatic carbocycles. The molecule has 0 N–H and O–H groups in total. The van der Waals surface area contributed by atoms with Crippen LogP contribution >= 0.6 is 11.6 Å². The highest BCUT2D eigenvalue weighted by Crippen LogP contribution is 2.44. The van der Waals surface area contributed by atoms with E-state index in [2.05, 4.69) is 18.2 Å². The normalized spacial score (nSPS) is 26.3. The van der Waals surface area contributed by atoms with Crippen LogP contribution in [0.1, 0.15) is 28.5 Å². The fourth-order valence-corrected chi connectivity index (χ4v) is 3.99. The molecule has 0 fully saturated rings. The third kappa shape index (κ3) is 2.32. The molecule has 1 nitrogen and oxygen atoms in total. The molecule has 1 heterocycles. The quantitative estimate of drug-likeness (QED) is 0.732. The summed E-state index contributed by atoms with van der Waals surface area (Å²) >= 11 is 6.61. The van der Waals surface area contributed by atoms with Crippen LogP contribution in [0.2, 0.25) is 0 Å². The molecular formula is C18H16ClFO. The molecule has 3 unspecified atom stereocenters. The molecule has 0 amide bonds. The molecule has 108 valence electrons. The summed E-state index contributed by atoms with van der Waals surface area (Å²) in [6, 6.07) is 13.1. The van der Waals surface area contributed by atoms with Gasteiger partial charge < -0.3 is 4.74 Å². The molecule has 3 heteroatoms. The monoisotopic (exact) mass is 302 g/mol. The maximum atomic E-state index is 13.3. The van der Waals surface area contributed by atoms with Gasteiger partial charge in [-0.25, -0.2) is 4.39 Å². The van der Waals surface area contributed by atoms with Gasteiger partial charge in [-0.3, -0.25) is 0 Å². The van der Waals surface area contributed by atoms with Gasteiger partial charge in [0.2, 0.25) is 0 Å². The molecule has 2 aliphatic rings. The van der Waals surface area contributed by atoms with E-state index < -0.39 is 0 Å². The van der Waals surface area contributed by atoms with E-state index in [0.29, 0.717) is 5.92 Å². The summed E-state index contributed by atoms with van der Waals surface area (Å²) in [7, 11) is 0. The number of hydrogen-bond donors (Lipinski definition) is 0. The summed E-state index contributed by atoms with van der Waals surface area (Å²) in [5.74, 6) is 1.03. The topological polar surface area (TPSA) is 9.23 Å². The first kappa shape index (κ1) is 13.1. The lowest BCUT2D eigenvalue weighted by Crippen LogP contribution is -2.19. The van der Waals surface area contributed by atoms with Crippen molar-refractivity contribution in [2.24, 2.45) is 5.92 Å². The van der Waals surface area contributed by atoms with Gasteiger partial charge in [-0.2, -0.15) is 0 Å². The van der Waals surface area contributed by atoms with Crippen molar-refractivity contribution in [1.82, 2.24) is 0 Å². The molecule has 0 aromatic heterocycles. The van der Waals surface area contributed by atoms with Crippen LogP contribution in [0.5, 0.6) is 5.75 Å². The summed E-state index contributed by atoms with van der Waals surface area (Å²) < 4.78 is 19.2. The number of fused-ring (bicyclic) bond motifs is 2. The predicted octanol–water partition coefficient (Wildman–Crippen LogP) is 4.67. The molecular weight excluding hydrogens is 287 g/mol. The zero-order valence-electron chi connectivity index (χ0n) is 11.6. The van der Waals surface area contributed by atoms with Crippen LogP contribution < -0.4 is 4.74 Å². The van der Waals surface area contributed by atoms with E-state index in [-0.39, 0.29) is 17.3 Å². The maximum absolute atomic E-state index is 13.3. The Bertz CT molecular complexity index is 685. The fourth-order valence-electron chi connectivity index (χ4n) is 3.59. The summed E-state index contributed by atoms with van der Waals surface area (Å²) in [4.78, 5) is 0. The van der Waals surface area contributed by atoms with Crippen molar-refractivity contribution in [1.29, 1.82) is 0 Å². The number of ether oxygens (including phenoxy) is 1. The van der Waals surface area contributed by atoms with E-state index in [1.807, 2.05) is 6.07 Å². The smallest absolute Gasteiger partial charge is 0.123 e. The van der Waals surface area contributed by atoms with Gasteiger partial charge >= 0.3 is 0 Å². The first-order valence-electron chi connectivity index (χ1n) is 7.37. The summed E-state index contributed by atoms with van der Waals surface area (Å²) in [6.45, 7) is 0. The third-order valence-electron chi connectivity index (χ3n) is 4.58. The first-order valence-corrected chi connectivity index (χ1v) is 7.81. The van der Waals surface area contributed by atoms with Gasteiger partial charge in [0.15, 0.2) is 0 Å². The van der Waals surface area contributed by atoms with Crippen molar-refractivity contribution in [3.8, 4) is 5.75 Å². The molecule has 0 radical (unpaired) electrons. The highest BCUT2D eigenvalue weighted by Gasteiger charge is 2.34. The standard InChI is InChI=1S/C18H16ClFO/c19-18-13(7-11-3-1-2-4-16(11)18)10-15-9-12-8-14(20)5-6-17(12)21-15/h1-6,8,13,15,18H,7,9-10H2. The third-order valence-corrected chi connectivity index (χ3v) is 5.17. The highest BCUT2D eigenvalue weighted by molar-refractivity contribution is 6.21. The molecule has 4 rings (SSSR count). The lowest BCUT2D eigenvalue weighted by atomic mass is 9.95. The predicted molar refractivity (Wildman–Crippen MR) is 81.4 cm³/mol. The van der Waals surface area contributed by atoms with Crippen molar-refractivity contribution in [2.75, 3.05) is 0 Å². The molecule has 1 aliphatic heterocycles. The minimum Gasteiger partial charge on any atom is -0.490 e. The van der Waals surface area contributed by atoms with Crippen LogP contribution in [-0.2, 0) is 12.8 Å². The van der Waals surface area contributed by atoms with Crippen LogP contribution in [-0.4, -0.2) is 6.10 Å². The summed E-state index contributed by atoms with van der Waals surface area (Å²) in [5.41, 5.74) is 3.58. The van der Waals surface area contributed by atoms with E-state index in [1.165, 1.54) is 17.2 Å². The molecule has 0 spiro atoms. The van der Waals surface area contributed by atoms with Gasteiger partial charge in [0.05, 0.1) is 5.38 Å². The lowest BCUT2D eigenvalue weighted by Gasteiger charge is -2.18. The van der Waals surface area contributed by atoms with E-state index >= 15 is 0 Å². The van der Waals surface area contributed by atoms with Crippen LogP contribution in [0.3, 0.4) is 0 Å². The Balaban J connectivity index is 1.48. The zero-order valence-corrected chi connectivity index (χ0v) is 12.3. The molecule has 21 heavy (non-hydrogen) atoms. The Morgan fingerprint density at radius 1 is 1.10 bits per heavy atom. The minimum absolute atomic E-state index is 0.0604. The molecule has 2 aromatic rings. The summed E-state index contributed by atoms with van der Waals surface area (Å²) in [6.07, 6.45) is 2.82. The van der Waals surface area contributed by atoms with E-state index in [4.69, 9.17) is 16.3 Å². The second-order valence-corrected chi connectivity index (χ2v) is 6.47. The van der Waals surface area contributed by atoms with E-state index in [9.17, 15) is 4.39 Å². The first-order chi connectivity index (χ1) is 10.2. The van der Waals surface area contributed by atoms with Gasteiger partial charge in [-0.05, 0) is 48.1 Å². The Kier molecular flexibility index (Phi) is 3.15. The number of alkyl halides is 1. The average molecular weight is 303 g/mol. The number of benzene rings is 2. The second-order valence-electron chi connectivity index (χ2n) is 6.00. The minimum atomic E-state index is -0.193. The maximum Gasteiger partial charge on any atom is 0.123 e. The van der Waals surface area contributed by atoms with Gasteiger partial charge in [0.1, 0.15) is 17.7 Å². The van der Waals surface area contributed by atoms with Crippen molar-refractivity contribution in [3.05, 3.63) is 65.0 Å². The van der Waals surface area contributed by atoms with Crippen molar-refractivity contribution in [3.63, 3.8) is 0 Å². The number of rotatable bonds is 2. The molecule has 0 bridgehead atoms. The number of hydrogen-bond acceptors (Lipinski definition) is 1. The van der Waals surface area contributed by atoms with Gasteiger partial charge in [0, 0.05) is 12.0 Å². The van der Waals surface area contributed by atoms with Crippen molar-refractivity contribution < 1.29 is 9.13 Å². The van der Waals surface area contributed by atoms with Crippen molar-refractivity contribution in [2.45, 2.75) is 30.7 Å². The van der Waals surface area contributed by atoms with Crippen LogP contribution in [0.25, 0.3) is 0 Å². The zero-order chi connectivity index (χ0) is 14.4. The Hall–Kier alpha value is -1.54. The Morgan fingerprint density at radius 3 is 2.81 bits per heavy atom. The van der Waals surface area contributed by atoms with E-state index in [1.54, 1.807) is 12.1 Å². The highest BCUT2D eigenvalue weighted by atomic mass is 35.5.